The number of nitrogens with one attached hydrogen (secondary N) is 1. The first-order valence-corrected chi connectivity index (χ1v) is 8.96. The normalized spacial score (nSPS) is 14.9. The van der Waals surface area contributed by atoms with Crippen LogP contribution in [0, 0.1) is 0 Å². The number of aromatic nitrogens is 1. The molecule has 26 heavy (non-hydrogen) atoms. The number of nitrogens with zero attached hydrogens (tertiary/aromatic N) is 3. The quantitative estimate of drug-likeness (QED) is 0.861. The number of piperazine rings is 1. The molecule has 3 rings (SSSR count). The summed E-state index contributed by atoms with van der Waals surface area (Å²) in [5.74, 6) is 0.884. The van der Waals surface area contributed by atoms with Crippen molar-refractivity contribution < 1.29 is 9.53 Å². The summed E-state index contributed by atoms with van der Waals surface area (Å²) in [6.07, 6.45) is 2.64. The van der Waals surface area contributed by atoms with Gasteiger partial charge in [0.2, 0.25) is 0 Å². The molecular formula is C20H26N4O2. The van der Waals surface area contributed by atoms with Crippen LogP contribution in [0.15, 0.2) is 42.6 Å². The third-order valence-corrected chi connectivity index (χ3v) is 4.67. The van der Waals surface area contributed by atoms with Crippen molar-refractivity contribution in [3.63, 3.8) is 0 Å². The fourth-order valence-corrected chi connectivity index (χ4v) is 2.94. The molecule has 0 radical (unpaired) electrons. The lowest BCUT2D eigenvalue weighted by Gasteiger charge is -2.32. The summed E-state index contributed by atoms with van der Waals surface area (Å²) in [6, 6.07) is 11.8. The maximum absolute atomic E-state index is 12.5. The minimum Gasteiger partial charge on any atom is -0.497 e. The molecule has 2 heterocycles. The number of carbonyl (C=O) groups excluding carboxylic acids is 1. The molecule has 1 aliphatic heterocycles. The molecule has 1 fully saturated rings. The minimum absolute atomic E-state index is 0.0166. The van der Waals surface area contributed by atoms with Crippen molar-refractivity contribution in [1.29, 1.82) is 0 Å². The molecule has 0 saturated carbocycles. The summed E-state index contributed by atoms with van der Waals surface area (Å²) >= 11 is 0. The Bertz CT molecular complexity index is 708. The Labute approximate surface area is 154 Å². The van der Waals surface area contributed by atoms with Crippen LogP contribution in [0.25, 0.3) is 0 Å². The van der Waals surface area contributed by atoms with Gasteiger partial charge in [0, 0.05) is 32.7 Å². The highest BCUT2D eigenvalue weighted by atomic mass is 16.5. The molecule has 0 aliphatic carbocycles. The number of carbonyl (C=O) groups is 1. The second-order valence-electron chi connectivity index (χ2n) is 6.55. The van der Waals surface area contributed by atoms with Crippen LogP contribution in [0.3, 0.4) is 0 Å². The number of pyridine rings is 1. The molecule has 1 aromatic heterocycles. The van der Waals surface area contributed by atoms with Crippen molar-refractivity contribution >= 4 is 11.6 Å². The molecule has 0 spiro atoms. The Morgan fingerprint density at radius 2 is 1.85 bits per heavy atom. The fourth-order valence-electron chi connectivity index (χ4n) is 2.94. The molecule has 0 unspecified atom stereocenters. The van der Waals surface area contributed by atoms with Gasteiger partial charge in [-0.15, -0.1) is 0 Å². The highest BCUT2D eigenvalue weighted by Crippen LogP contribution is 2.13. The van der Waals surface area contributed by atoms with E-state index in [4.69, 9.17) is 4.74 Å². The number of anilines is 1. The van der Waals surface area contributed by atoms with Crippen molar-refractivity contribution in [2.24, 2.45) is 0 Å². The van der Waals surface area contributed by atoms with Crippen LogP contribution in [0.2, 0.25) is 0 Å². The Morgan fingerprint density at radius 1 is 1.12 bits per heavy atom. The summed E-state index contributed by atoms with van der Waals surface area (Å²) in [6.45, 7) is 4.16. The maximum atomic E-state index is 12.5. The Morgan fingerprint density at radius 3 is 2.46 bits per heavy atom. The lowest BCUT2D eigenvalue weighted by molar-refractivity contribution is 0.0658. The lowest BCUT2D eigenvalue weighted by atomic mass is 10.1. The van der Waals surface area contributed by atoms with E-state index in [9.17, 15) is 4.79 Å². The highest BCUT2D eigenvalue weighted by Gasteiger charge is 2.21. The van der Waals surface area contributed by atoms with Crippen LogP contribution in [0.4, 0.5) is 5.69 Å². The molecule has 6 nitrogen and oxygen atoms in total. The van der Waals surface area contributed by atoms with Gasteiger partial charge in [0.1, 0.15) is 11.4 Å². The van der Waals surface area contributed by atoms with E-state index in [2.05, 4.69) is 34.4 Å². The van der Waals surface area contributed by atoms with Crippen molar-refractivity contribution in [3.8, 4) is 5.75 Å². The molecule has 1 aliphatic rings. The highest BCUT2D eigenvalue weighted by molar-refractivity contribution is 5.92. The van der Waals surface area contributed by atoms with Crippen LogP contribution in [-0.4, -0.2) is 67.6 Å². The molecule has 0 atom stereocenters. The summed E-state index contributed by atoms with van der Waals surface area (Å²) in [7, 11) is 3.74. The van der Waals surface area contributed by atoms with Gasteiger partial charge in [-0.05, 0) is 43.3 Å². The van der Waals surface area contributed by atoms with Crippen molar-refractivity contribution in [1.82, 2.24) is 14.8 Å². The van der Waals surface area contributed by atoms with Crippen LogP contribution < -0.4 is 10.1 Å². The molecule has 138 valence electrons. The van der Waals surface area contributed by atoms with E-state index in [1.165, 1.54) is 5.56 Å². The van der Waals surface area contributed by atoms with Gasteiger partial charge in [-0.1, -0.05) is 12.1 Å². The predicted molar refractivity (Wildman–Crippen MR) is 103 cm³/mol. The van der Waals surface area contributed by atoms with Crippen LogP contribution in [0.1, 0.15) is 16.1 Å². The second kappa shape index (κ2) is 8.67. The maximum Gasteiger partial charge on any atom is 0.272 e. The number of methoxy groups -OCH3 is 1. The third-order valence-electron chi connectivity index (χ3n) is 4.67. The number of amides is 1. The number of hydrogen-bond donors (Lipinski definition) is 1. The first-order valence-electron chi connectivity index (χ1n) is 8.96. The summed E-state index contributed by atoms with van der Waals surface area (Å²) in [5.41, 5.74) is 2.68. The van der Waals surface area contributed by atoms with Crippen molar-refractivity contribution in [2.45, 2.75) is 6.42 Å². The first kappa shape index (κ1) is 18.2. The van der Waals surface area contributed by atoms with Crippen LogP contribution >= 0.6 is 0 Å². The molecule has 2 aromatic rings. The Balaban J connectivity index is 1.48. The van der Waals surface area contributed by atoms with E-state index >= 15 is 0 Å². The van der Waals surface area contributed by atoms with E-state index in [-0.39, 0.29) is 5.91 Å². The molecule has 1 aromatic carbocycles. The summed E-state index contributed by atoms with van der Waals surface area (Å²) < 4.78 is 5.17. The molecule has 1 amide bonds. The van der Waals surface area contributed by atoms with Gasteiger partial charge in [-0.3, -0.25) is 4.79 Å². The standard InChI is InChI=1S/C20H26N4O2/c1-23-11-13-24(14-12-23)20(25)19-8-5-17(15-22-19)21-10-9-16-3-6-18(26-2)7-4-16/h3-8,15,21H,9-14H2,1-2H3. The van der Waals surface area contributed by atoms with Gasteiger partial charge in [-0.2, -0.15) is 0 Å². The van der Waals surface area contributed by atoms with E-state index in [1.807, 2.05) is 23.1 Å². The van der Waals surface area contributed by atoms with Gasteiger partial charge < -0.3 is 19.9 Å². The number of rotatable bonds is 6. The van der Waals surface area contributed by atoms with Crippen molar-refractivity contribution in [3.05, 3.63) is 53.9 Å². The van der Waals surface area contributed by atoms with E-state index in [1.54, 1.807) is 19.4 Å². The number of ether oxygens (including phenoxy) is 1. The number of hydrogen-bond acceptors (Lipinski definition) is 5. The van der Waals surface area contributed by atoms with E-state index in [0.717, 1.165) is 50.6 Å². The Hall–Kier alpha value is -2.60. The SMILES string of the molecule is COc1ccc(CCNc2ccc(C(=O)N3CCN(C)CC3)nc2)cc1. The second-order valence-corrected chi connectivity index (χ2v) is 6.55. The van der Waals surface area contributed by atoms with Gasteiger partial charge in [-0.25, -0.2) is 4.98 Å². The smallest absolute Gasteiger partial charge is 0.272 e. The van der Waals surface area contributed by atoms with Crippen molar-refractivity contribution in [2.75, 3.05) is 52.2 Å². The molecule has 1 N–H and O–H groups in total. The van der Waals surface area contributed by atoms with Crippen LogP contribution in [0.5, 0.6) is 5.75 Å². The average molecular weight is 354 g/mol. The molecule has 0 bridgehead atoms. The van der Waals surface area contributed by atoms with Gasteiger partial charge in [0.25, 0.3) is 5.91 Å². The zero-order valence-corrected chi connectivity index (χ0v) is 15.4. The molecular weight excluding hydrogens is 328 g/mol. The lowest BCUT2D eigenvalue weighted by Crippen LogP contribution is -2.47. The van der Waals surface area contributed by atoms with Gasteiger partial charge in [0.15, 0.2) is 0 Å². The zero-order chi connectivity index (χ0) is 18.4. The monoisotopic (exact) mass is 354 g/mol. The Kier molecular flexibility index (Phi) is 6.07. The summed E-state index contributed by atoms with van der Waals surface area (Å²) in [5, 5.41) is 3.35. The first-order chi connectivity index (χ1) is 12.7. The average Bonchev–Trinajstić information content (AvgIpc) is 2.69. The molecule has 6 heteroatoms. The van der Waals surface area contributed by atoms with Gasteiger partial charge in [0.05, 0.1) is 19.0 Å². The van der Waals surface area contributed by atoms with E-state index in [0.29, 0.717) is 5.69 Å². The summed E-state index contributed by atoms with van der Waals surface area (Å²) in [4.78, 5) is 20.9. The largest absolute Gasteiger partial charge is 0.497 e. The van der Waals surface area contributed by atoms with Crippen LogP contribution in [-0.2, 0) is 6.42 Å². The minimum atomic E-state index is 0.0166. The zero-order valence-electron chi connectivity index (χ0n) is 15.4. The number of likely N-dealkylation sites (N-methyl/N-ethyl adjacent to an activating group) is 1. The van der Waals surface area contributed by atoms with E-state index < -0.39 is 0 Å². The predicted octanol–water partition coefficient (Wildman–Crippen LogP) is 2.13. The van der Waals surface area contributed by atoms with Gasteiger partial charge >= 0.3 is 0 Å². The molecule has 1 saturated heterocycles. The third kappa shape index (κ3) is 4.73. The fraction of sp³-hybridized carbons (Fsp3) is 0.400. The topological polar surface area (TPSA) is 57.7 Å². The number of benzene rings is 1.